The van der Waals surface area contributed by atoms with Crippen LogP contribution in [0.4, 0.5) is 68.2 Å². The lowest BCUT2D eigenvalue weighted by Crippen LogP contribution is -2.45. The second kappa shape index (κ2) is 56.7. The molecule has 0 aliphatic carbocycles. The number of nitrogens with zero attached hydrogens (tertiary/aromatic N) is 4. The molecular formula is C122H151N4O15P. The van der Waals surface area contributed by atoms with Crippen LogP contribution in [-0.4, -0.2) is 154 Å². The van der Waals surface area contributed by atoms with E-state index in [-0.39, 0.29) is 21.7 Å². The first kappa shape index (κ1) is 104. The van der Waals surface area contributed by atoms with Gasteiger partial charge in [0.2, 0.25) is 1.43 Å². The molecular weight excluding hydrogens is 1790 g/mol. The molecule has 0 aromatic heterocycles. The molecule has 754 valence electrons. The first-order chi connectivity index (χ1) is 70.9. The molecule has 0 saturated carbocycles. The lowest BCUT2D eigenvalue weighted by Gasteiger charge is -2.40. The Kier molecular flexibility index (Phi) is 41.3. The summed E-state index contributed by atoms with van der Waals surface area (Å²) in [7, 11) is 2.95. The fourth-order valence-electron chi connectivity index (χ4n) is 18.1. The van der Waals surface area contributed by atoms with Gasteiger partial charge in [0.25, 0.3) is 0 Å². The number of ether oxygens (including phenoxy) is 14. The maximum atomic E-state index is 6.19. The molecule has 4 heterocycles. The molecule has 1 N–H and O–H groups in total. The highest BCUT2D eigenvalue weighted by molar-refractivity contribution is 7.08. The van der Waals surface area contributed by atoms with Crippen LogP contribution < -0.4 is 48.0 Å². The van der Waals surface area contributed by atoms with Crippen molar-refractivity contribution in [3.05, 3.63) is 303 Å². The number of benzene rings is 12. The average molecular weight is 1950 g/mol. The van der Waals surface area contributed by atoms with Crippen LogP contribution in [0.25, 0.3) is 22.3 Å². The SMILES string of the molecule is CCC1(COCCCCCCOc2ccc(N(c3ccc(OC)cc3)c3ccc(-c4ccc(N(c5ccc(OC)cc5)c5ccc(OCCCCCCOCC6(CC)COC6)cc5)cc4)cc3)cc2)COC1.CCC1(COCCCCCCOc2ccc(N(c3ccccc3)c3ccc(-c4ccc(N(c5ccccc5)c5ccc(OCCCCCCOCC6(CC)COC6)cc5)cc4)cc3)cc2)COC1.[2H]PO[3H]. The topological polar surface area (TPSA) is 162 Å². The predicted molar refractivity (Wildman–Crippen MR) is 581 cm³/mol. The number of unbranched alkanes of at least 4 members (excludes halogenated alkanes) is 12. The van der Waals surface area contributed by atoms with Gasteiger partial charge in [-0.25, -0.2) is 0 Å². The van der Waals surface area contributed by atoms with Crippen molar-refractivity contribution in [1.29, 1.82) is 2.71 Å². The minimum absolute atomic E-state index is 0.256. The third-order valence-electron chi connectivity index (χ3n) is 27.9. The van der Waals surface area contributed by atoms with Crippen molar-refractivity contribution < 1.29 is 71.2 Å². The van der Waals surface area contributed by atoms with Gasteiger partial charge in [0, 0.05) is 116 Å². The Hall–Kier alpha value is -11.3. The molecule has 20 heteroatoms. The third kappa shape index (κ3) is 30.9. The minimum Gasteiger partial charge on any atom is -0.497 e. The van der Waals surface area contributed by atoms with Gasteiger partial charge in [0.15, 0.2) is 0 Å². The Bertz CT molecular complexity index is 5190. The third-order valence-corrected chi connectivity index (χ3v) is 27.9. The van der Waals surface area contributed by atoms with Crippen LogP contribution >= 0.6 is 9.41 Å². The van der Waals surface area contributed by atoms with Crippen molar-refractivity contribution in [3.63, 3.8) is 0 Å². The first-order valence-electron chi connectivity index (χ1n) is 52.6. The molecule has 0 spiro atoms. The molecule has 142 heavy (non-hydrogen) atoms. The summed E-state index contributed by atoms with van der Waals surface area (Å²) in [5.74, 6) is 5.15. The smallest absolute Gasteiger partial charge is 0.215 e. The summed E-state index contributed by atoms with van der Waals surface area (Å²) < 4.78 is 93.1. The fourth-order valence-corrected chi connectivity index (χ4v) is 18.1. The Morgan fingerprint density at radius 2 is 0.415 bits per heavy atom. The second-order valence-electron chi connectivity index (χ2n) is 38.2. The van der Waals surface area contributed by atoms with E-state index in [2.05, 4.69) is 331 Å². The molecule has 0 amide bonds. The minimum atomic E-state index is -0.443. The Labute approximate surface area is 850 Å². The quantitative estimate of drug-likeness (QED) is 0.0283. The van der Waals surface area contributed by atoms with Crippen LogP contribution in [0.15, 0.2) is 303 Å². The molecule has 4 aliphatic heterocycles. The summed E-state index contributed by atoms with van der Waals surface area (Å²) >= 11 is 0. The summed E-state index contributed by atoms with van der Waals surface area (Å²) in [4.78, 5) is 12.6. The normalized spacial score (nSPS) is 14.7. The highest BCUT2D eigenvalue weighted by Crippen LogP contribution is 2.45. The largest absolute Gasteiger partial charge is 0.497 e. The lowest BCUT2D eigenvalue weighted by atomic mass is 9.84. The summed E-state index contributed by atoms with van der Waals surface area (Å²) in [6.45, 7) is 25.0. The van der Waals surface area contributed by atoms with Gasteiger partial charge in [-0.15, -0.1) is 0 Å². The van der Waals surface area contributed by atoms with E-state index in [1.54, 1.807) is 14.2 Å². The lowest BCUT2D eigenvalue weighted by molar-refractivity contribution is -0.150. The molecule has 0 bridgehead atoms. The van der Waals surface area contributed by atoms with E-state index < -0.39 is 9.41 Å². The molecule has 12 aromatic rings. The number of hydrogen-bond donors (Lipinski definition) is 1. The van der Waals surface area contributed by atoms with Crippen molar-refractivity contribution in [2.75, 3.05) is 166 Å². The molecule has 4 saturated heterocycles. The zero-order chi connectivity index (χ0) is 100.0. The van der Waals surface area contributed by atoms with Crippen LogP contribution in [0, 0.1) is 21.7 Å². The van der Waals surface area contributed by atoms with E-state index in [1.165, 1.54) is 0 Å². The van der Waals surface area contributed by atoms with Crippen molar-refractivity contribution >= 4 is 77.7 Å². The van der Waals surface area contributed by atoms with Crippen LogP contribution in [0.5, 0.6) is 34.5 Å². The van der Waals surface area contributed by atoms with E-state index in [4.69, 9.17) is 69.0 Å². The molecule has 4 aliphatic rings. The monoisotopic (exact) mass is 1950 g/mol. The molecule has 16 rings (SSSR count). The molecule has 4 fully saturated rings. The van der Waals surface area contributed by atoms with Gasteiger partial charge in [0.1, 0.15) is 34.5 Å². The predicted octanol–water partition coefficient (Wildman–Crippen LogP) is 29.9. The standard InChI is InChI=1S/C62H76N2O8.C60H72N2O6.H3OP/c1-5-61(45-69-46-61)43-67-39-11-7-9-13-41-71-59-35-27-55(28-36-59)63(53-23-31-57(65-3)32-24-53)51-19-15-49(16-20-51)50-17-21-52(22-18-50)64(54-25-33-58(66-4)34-26-54)56-29-37-60(38-30-56)72-42-14-10-8-12-40-68-44-62(6-2)47-70-48-62;1-3-59(45-65-46-59)43-63-39-15-5-7-17-41-67-57-35-31-55(32-36-57)61(51-19-11-9-12-20-51)53-27-23-49(24-28-53)50-25-29-54(30-26-50)62(52-21-13-10-14-22-52)56-33-37-58(38-34-56)68-42-18-8-6-16-40-64-44-60(4-2)47-66-48-60;1-2/h15-38H,5-14,39-48H2,1-4H3;9-14,19-38H,3-8,15-18,39-48H2,1-2H3;1H,2H2/i;;1T,2D. The van der Waals surface area contributed by atoms with E-state index >= 15 is 0 Å². The van der Waals surface area contributed by atoms with Gasteiger partial charge < -0.3 is 90.8 Å². The van der Waals surface area contributed by atoms with Crippen LogP contribution in [0.2, 0.25) is 0 Å². The number of methoxy groups -OCH3 is 2. The maximum absolute atomic E-state index is 6.19. The zero-order valence-corrected chi connectivity index (χ0v) is 85.6. The highest BCUT2D eigenvalue weighted by atomic mass is 31.0. The number of para-hydroxylation sites is 2. The summed E-state index contributed by atoms with van der Waals surface area (Å²) in [6.07, 6.45) is 22.0. The summed E-state index contributed by atoms with van der Waals surface area (Å²) in [5.41, 5.74) is 18.4. The van der Waals surface area contributed by atoms with Crippen molar-refractivity contribution in [1.82, 2.24) is 0 Å². The van der Waals surface area contributed by atoms with Gasteiger partial charge in [-0.05, 0) is 353 Å². The van der Waals surface area contributed by atoms with E-state index in [1.807, 2.05) is 24.3 Å². The van der Waals surface area contributed by atoms with E-state index in [0.717, 1.165) is 359 Å². The Balaban J connectivity index is 0.000000220. The second-order valence-corrected chi connectivity index (χ2v) is 38.2. The van der Waals surface area contributed by atoms with E-state index in [9.17, 15) is 0 Å². The van der Waals surface area contributed by atoms with Crippen LogP contribution in [0.1, 0.15) is 156 Å². The van der Waals surface area contributed by atoms with Crippen molar-refractivity contribution in [3.8, 4) is 56.8 Å². The first-order valence-corrected chi connectivity index (χ1v) is 52.1. The van der Waals surface area contributed by atoms with Gasteiger partial charge in [0.05, 0.1) is 121 Å². The average Bonchev–Trinajstić information content (AvgIpc) is 0.792. The summed E-state index contributed by atoms with van der Waals surface area (Å²) in [5, 5.41) is 0. The highest BCUT2D eigenvalue weighted by Gasteiger charge is 2.40. The maximum Gasteiger partial charge on any atom is 0.215 e. The summed E-state index contributed by atoms with van der Waals surface area (Å²) in [6, 6.07) is 106. The van der Waals surface area contributed by atoms with Crippen LogP contribution in [0.3, 0.4) is 0 Å². The molecule has 12 aromatic carbocycles. The number of rotatable bonds is 61. The molecule has 1 atom stereocenters. The molecule has 0 radical (unpaired) electrons. The van der Waals surface area contributed by atoms with Gasteiger partial charge in [-0.2, -0.15) is 0 Å². The van der Waals surface area contributed by atoms with Crippen LogP contribution in [-0.2, 0) is 37.9 Å². The van der Waals surface area contributed by atoms with Crippen molar-refractivity contribution in [2.45, 2.75) is 156 Å². The van der Waals surface area contributed by atoms with Gasteiger partial charge in [-0.1, -0.05) is 138 Å². The van der Waals surface area contributed by atoms with E-state index in [0.29, 0.717) is 26.4 Å². The number of hydrogen-bond acceptors (Lipinski definition) is 19. The zero-order valence-electron chi connectivity index (χ0n) is 86.6. The Morgan fingerprint density at radius 3 is 0.577 bits per heavy atom. The Morgan fingerprint density at radius 1 is 0.246 bits per heavy atom. The fraction of sp³-hybridized carbons (Fsp3) is 0.410. The van der Waals surface area contributed by atoms with Gasteiger partial charge >= 0.3 is 0 Å². The van der Waals surface area contributed by atoms with Gasteiger partial charge in [-0.3, -0.25) is 0 Å². The molecule has 19 nitrogen and oxygen atoms in total. The van der Waals surface area contributed by atoms with Crippen molar-refractivity contribution in [2.24, 2.45) is 21.7 Å². The number of anilines is 12. The molecule has 1 unspecified atom stereocenters.